The number of hydrogen-bond acceptors (Lipinski definition) is 5. The van der Waals surface area contributed by atoms with Crippen LogP contribution in [-0.4, -0.2) is 42.6 Å². The van der Waals surface area contributed by atoms with E-state index in [9.17, 15) is 9.59 Å². The molecule has 1 aromatic heterocycles. The van der Waals surface area contributed by atoms with Gasteiger partial charge in [0.15, 0.2) is 11.3 Å². The van der Waals surface area contributed by atoms with Crippen molar-refractivity contribution in [1.82, 2.24) is 4.90 Å². The van der Waals surface area contributed by atoms with Crippen molar-refractivity contribution < 1.29 is 23.8 Å². The third-order valence-electron chi connectivity index (χ3n) is 6.64. The molecule has 1 heterocycles. The monoisotopic (exact) mass is 464 g/mol. The fourth-order valence-corrected chi connectivity index (χ4v) is 4.73. The van der Waals surface area contributed by atoms with Gasteiger partial charge in [-0.1, -0.05) is 31.4 Å². The molecule has 4 rings (SSSR count). The van der Waals surface area contributed by atoms with E-state index in [1.165, 1.54) is 24.2 Å². The molecule has 1 aliphatic rings. The number of methoxy groups -OCH3 is 1. The number of amides is 1. The average molecular weight is 465 g/mol. The van der Waals surface area contributed by atoms with Crippen molar-refractivity contribution in [2.24, 2.45) is 5.92 Å². The number of hydrogen-bond donors (Lipinski definition) is 2. The number of aliphatic carboxylic acids is 1. The molecule has 1 atom stereocenters. The Labute approximate surface area is 199 Å². The second-order valence-corrected chi connectivity index (χ2v) is 9.00. The van der Waals surface area contributed by atoms with Crippen LogP contribution in [0.25, 0.3) is 11.0 Å². The highest BCUT2D eigenvalue weighted by Crippen LogP contribution is 2.40. The number of carboxylic acid groups (broad SMARTS) is 1. The molecule has 3 aromatic rings. The minimum atomic E-state index is -0.920. The number of carbonyl (C=O) groups is 2. The average Bonchev–Trinajstić information content (AvgIpc) is 3.30. The summed E-state index contributed by atoms with van der Waals surface area (Å²) in [6, 6.07) is 15.4. The number of fused-ring (bicyclic) bond motifs is 1. The molecule has 7 nitrogen and oxygen atoms in total. The minimum Gasteiger partial charge on any atom is -0.493 e. The van der Waals surface area contributed by atoms with Gasteiger partial charge in [-0.3, -0.25) is 9.59 Å². The predicted octanol–water partition coefficient (Wildman–Crippen LogP) is 5.72. The number of rotatable bonds is 9. The third-order valence-corrected chi connectivity index (χ3v) is 6.64. The highest BCUT2D eigenvalue weighted by atomic mass is 16.5. The normalized spacial score (nSPS) is 15.1. The van der Waals surface area contributed by atoms with Crippen molar-refractivity contribution in [2.75, 3.05) is 26.0 Å². The molecule has 2 N–H and O–H groups in total. The first-order chi connectivity index (χ1) is 16.5. The summed E-state index contributed by atoms with van der Waals surface area (Å²) in [5.41, 5.74) is 2.20. The van der Waals surface area contributed by atoms with E-state index < -0.39 is 5.97 Å². The molecule has 2 aromatic carbocycles. The molecule has 34 heavy (non-hydrogen) atoms. The lowest BCUT2D eigenvalue weighted by atomic mass is 9.82. The van der Waals surface area contributed by atoms with Crippen LogP contribution < -0.4 is 10.1 Å². The summed E-state index contributed by atoms with van der Waals surface area (Å²) in [5, 5.41) is 13.5. The quantitative estimate of drug-likeness (QED) is 0.421. The molecule has 0 aliphatic heterocycles. The Morgan fingerprint density at radius 2 is 1.88 bits per heavy atom. The molecule has 0 saturated heterocycles. The molecule has 1 unspecified atom stereocenters. The number of carbonyl (C=O) groups excluding carboxylic acids is 1. The van der Waals surface area contributed by atoms with Crippen LogP contribution in [0.4, 0.5) is 5.69 Å². The Morgan fingerprint density at radius 3 is 2.56 bits per heavy atom. The van der Waals surface area contributed by atoms with Crippen LogP contribution in [0.3, 0.4) is 0 Å². The Balaban J connectivity index is 1.55. The highest BCUT2D eigenvalue weighted by molar-refractivity contribution is 5.94. The molecule has 0 bridgehead atoms. The lowest BCUT2D eigenvalue weighted by Crippen LogP contribution is -2.29. The molecule has 1 aliphatic carbocycles. The predicted molar refractivity (Wildman–Crippen MR) is 131 cm³/mol. The van der Waals surface area contributed by atoms with Gasteiger partial charge < -0.3 is 24.5 Å². The Kier molecular flexibility index (Phi) is 7.40. The van der Waals surface area contributed by atoms with Crippen molar-refractivity contribution in [3.63, 3.8) is 0 Å². The largest absolute Gasteiger partial charge is 0.493 e. The second-order valence-electron chi connectivity index (χ2n) is 9.00. The zero-order valence-corrected chi connectivity index (χ0v) is 19.8. The fourth-order valence-electron chi connectivity index (χ4n) is 4.73. The zero-order valence-electron chi connectivity index (χ0n) is 19.8. The topological polar surface area (TPSA) is 92.0 Å². The Bertz CT molecular complexity index is 1130. The molecular formula is C27H32N2O5. The van der Waals surface area contributed by atoms with Gasteiger partial charge in [0.1, 0.15) is 5.76 Å². The number of benzene rings is 2. The van der Waals surface area contributed by atoms with Gasteiger partial charge in [-0.25, -0.2) is 0 Å². The number of ether oxygens (including phenoxy) is 1. The van der Waals surface area contributed by atoms with E-state index in [0.717, 1.165) is 41.0 Å². The maximum absolute atomic E-state index is 12.6. The number of anilines is 1. The summed E-state index contributed by atoms with van der Waals surface area (Å²) in [7, 11) is 3.27. The van der Waals surface area contributed by atoms with Gasteiger partial charge in [0.05, 0.1) is 19.6 Å². The summed E-state index contributed by atoms with van der Waals surface area (Å²) >= 11 is 0. The molecule has 180 valence electrons. The number of carboxylic acids is 1. The second kappa shape index (κ2) is 10.6. The van der Waals surface area contributed by atoms with Crippen molar-refractivity contribution in [3.8, 4) is 5.75 Å². The molecule has 1 amide bonds. The molecular weight excluding hydrogens is 432 g/mol. The summed E-state index contributed by atoms with van der Waals surface area (Å²) in [4.78, 5) is 24.8. The van der Waals surface area contributed by atoms with Crippen molar-refractivity contribution in [1.29, 1.82) is 0 Å². The van der Waals surface area contributed by atoms with Crippen LogP contribution in [0.2, 0.25) is 0 Å². The number of para-hydroxylation sites is 1. The molecule has 1 fully saturated rings. The van der Waals surface area contributed by atoms with E-state index in [1.807, 2.05) is 30.3 Å². The van der Waals surface area contributed by atoms with Crippen LogP contribution >= 0.6 is 0 Å². The van der Waals surface area contributed by atoms with E-state index in [-0.39, 0.29) is 24.9 Å². The van der Waals surface area contributed by atoms with Gasteiger partial charge >= 0.3 is 5.97 Å². The number of nitrogens with one attached hydrogen (secondary N) is 1. The first kappa shape index (κ1) is 23.7. The van der Waals surface area contributed by atoms with Crippen LogP contribution in [0.5, 0.6) is 5.75 Å². The Morgan fingerprint density at radius 1 is 1.15 bits per heavy atom. The number of nitrogens with zero attached hydrogens (tertiary/aromatic N) is 1. The molecule has 1 saturated carbocycles. The van der Waals surface area contributed by atoms with E-state index in [4.69, 9.17) is 14.3 Å². The standard InChI is InChI=1S/C27H32N2O5/c1-29(16-15-24(30)31)27(32)19-11-13-21(14-12-19)28-25(18-7-4-3-5-8-18)23-17-20-9-6-10-22(33-2)26(20)34-23/h6,9-14,17-18,25,28H,3-5,7-8,15-16H2,1-2H3,(H,30,31). The summed E-state index contributed by atoms with van der Waals surface area (Å²) in [6.07, 6.45) is 5.88. The van der Waals surface area contributed by atoms with Crippen molar-refractivity contribution in [3.05, 3.63) is 59.9 Å². The molecule has 0 radical (unpaired) electrons. The fraction of sp³-hybridized carbons (Fsp3) is 0.407. The first-order valence-corrected chi connectivity index (χ1v) is 11.9. The maximum atomic E-state index is 12.6. The van der Waals surface area contributed by atoms with Crippen molar-refractivity contribution >= 4 is 28.5 Å². The smallest absolute Gasteiger partial charge is 0.305 e. The zero-order chi connectivity index (χ0) is 24.1. The van der Waals surface area contributed by atoms with Gasteiger partial charge in [-0.2, -0.15) is 0 Å². The first-order valence-electron chi connectivity index (χ1n) is 11.9. The SMILES string of the molecule is COc1cccc2cc(C(Nc3ccc(C(=O)N(C)CCC(=O)O)cc3)C3CCCCC3)oc12. The van der Waals surface area contributed by atoms with Crippen LogP contribution in [0.1, 0.15) is 60.7 Å². The van der Waals surface area contributed by atoms with Gasteiger partial charge in [-0.05, 0) is 55.2 Å². The summed E-state index contributed by atoms with van der Waals surface area (Å²) in [5.74, 6) is 0.946. The van der Waals surface area contributed by atoms with E-state index in [0.29, 0.717) is 11.5 Å². The summed E-state index contributed by atoms with van der Waals surface area (Å²) in [6.45, 7) is 0.174. The Hall–Kier alpha value is -3.48. The minimum absolute atomic E-state index is 0.0113. The number of furan rings is 1. The molecule has 0 spiro atoms. The highest BCUT2D eigenvalue weighted by Gasteiger charge is 2.28. The van der Waals surface area contributed by atoms with Crippen molar-refractivity contribution in [2.45, 2.75) is 44.6 Å². The van der Waals surface area contributed by atoms with E-state index in [2.05, 4.69) is 11.4 Å². The van der Waals surface area contributed by atoms with Gasteiger partial charge in [-0.15, -0.1) is 0 Å². The third kappa shape index (κ3) is 5.35. The maximum Gasteiger partial charge on any atom is 0.305 e. The van der Waals surface area contributed by atoms with E-state index >= 15 is 0 Å². The lowest BCUT2D eigenvalue weighted by Gasteiger charge is -2.30. The van der Waals surface area contributed by atoms with Gasteiger partial charge in [0.25, 0.3) is 5.91 Å². The van der Waals surface area contributed by atoms with Crippen LogP contribution in [-0.2, 0) is 4.79 Å². The van der Waals surface area contributed by atoms with Gasteiger partial charge in [0, 0.05) is 30.2 Å². The molecule has 7 heteroatoms. The van der Waals surface area contributed by atoms with Crippen LogP contribution in [0.15, 0.2) is 52.9 Å². The van der Waals surface area contributed by atoms with E-state index in [1.54, 1.807) is 26.3 Å². The lowest BCUT2D eigenvalue weighted by molar-refractivity contribution is -0.137. The summed E-state index contributed by atoms with van der Waals surface area (Å²) < 4.78 is 11.8. The van der Waals surface area contributed by atoms with Crippen LogP contribution in [0, 0.1) is 5.92 Å². The van der Waals surface area contributed by atoms with Gasteiger partial charge in [0.2, 0.25) is 0 Å².